The lowest BCUT2D eigenvalue weighted by molar-refractivity contribution is -0.386. The number of rotatable bonds is 3. The number of aromatic nitrogens is 1. The molecule has 1 aromatic heterocycles. The van der Waals surface area contributed by atoms with Crippen LogP contribution in [0.25, 0.3) is 10.9 Å². The topological polar surface area (TPSA) is 85.2 Å². The third-order valence-electron chi connectivity index (χ3n) is 2.32. The second kappa shape index (κ2) is 5.22. The van der Waals surface area contributed by atoms with Gasteiger partial charge in [0.25, 0.3) is 5.43 Å². The van der Waals surface area contributed by atoms with Crippen LogP contribution in [0.15, 0.2) is 27.6 Å². The molecule has 0 spiro atoms. The summed E-state index contributed by atoms with van der Waals surface area (Å²) in [5.41, 5.74) is -0.594. The Morgan fingerprint density at radius 2 is 2.22 bits per heavy atom. The molecule has 0 fully saturated rings. The Balaban J connectivity index is 2.76. The third-order valence-corrected chi connectivity index (χ3v) is 3.25. The molecule has 1 aromatic carbocycles. The van der Waals surface area contributed by atoms with Crippen LogP contribution in [0, 0.1) is 10.1 Å². The molecule has 0 radical (unpaired) electrons. The average molecular weight is 425 g/mol. The van der Waals surface area contributed by atoms with Crippen molar-refractivity contribution in [2.45, 2.75) is 0 Å². The third kappa shape index (κ3) is 2.34. The molecule has 8 heteroatoms. The van der Waals surface area contributed by atoms with E-state index in [0.29, 0.717) is 20.4 Å². The van der Waals surface area contributed by atoms with Crippen molar-refractivity contribution >= 4 is 55.1 Å². The highest BCUT2D eigenvalue weighted by Crippen LogP contribution is 2.29. The Bertz CT molecular complexity index is 685. The first-order chi connectivity index (χ1) is 8.54. The monoisotopic (exact) mass is 424 g/mol. The Labute approximate surface area is 123 Å². The predicted molar refractivity (Wildman–Crippen MR) is 78.4 cm³/mol. The molecule has 0 saturated heterocycles. The molecule has 6 nitrogen and oxygen atoms in total. The van der Waals surface area contributed by atoms with Gasteiger partial charge in [-0.05, 0) is 50.7 Å². The summed E-state index contributed by atoms with van der Waals surface area (Å²) in [5, 5.41) is 10.9. The second-order valence-corrected chi connectivity index (χ2v) is 4.82. The molecule has 0 unspecified atom stereocenters. The molecule has 0 aliphatic carbocycles. The first-order valence-electron chi connectivity index (χ1n) is 4.72. The van der Waals surface area contributed by atoms with E-state index in [0.717, 1.165) is 6.20 Å². The number of hydrogen-bond acceptors (Lipinski definition) is 4. The number of ether oxygens (including phenoxy) is 1. The van der Waals surface area contributed by atoms with Crippen molar-refractivity contribution in [2.75, 3.05) is 4.61 Å². The number of nitro groups is 1. The van der Waals surface area contributed by atoms with E-state index in [1.807, 2.05) is 22.6 Å². The van der Waals surface area contributed by atoms with Crippen molar-refractivity contribution in [2.24, 2.45) is 0 Å². The molecular formula is C10H6BrIN2O4. The van der Waals surface area contributed by atoms with Gasteiger partial charge in [-0.3, -0.25) is 14.9 Å². The standard InChI is InChI=1S/C10H6BrIN2O4/c11-6-2-7-5(1-9(6)18-4-12)10(15)8(3-13-7)14(16)17/h1-3H,4H2,(H,13,15). The van der Waals surface area contributed by atoms with Gasteiger partial charge in [-0.2, -0.15) is 0 Å². The normalized spacial score (nSPS) is 10.6. The number of halogens is 2. The van der Waals surface area contributed by atoms with Crippen LogP contribution in [-0.4, -0.2) is 14.5 Å². The van der Waals surface area contributed by atoms with Gasteiger partial charge in [0.15, 0.2) is 0 Å². The summed E-state index contributed by atoms with van der Waals surface area (Å²) >= 11 is 5.33. The largest absolute Gasteiger partial charge is 0.482 e. The highest BCUT2D eigenvalue weighted by atomic mass is 127. The summed E-state index contributed by atoms with van der Waals surface area (Å²) in [6.07, 6.45) is 1.09. The predicted octanol–water partition coefficient (Wildman–Crippen LogP) is 2.97. The molecule has 2 rings (SSSR count). The number of hydrogen-bond donors (Lipinski definition) is 1. The van der Waals surface area contributed by atoms with Crippen LogP contribution in [0.2, 0.25) is 0 Å². The summed E-state index contributed by atoms with van der Waals surface area (Å²) in [5.74, 6) is 0.475. The van der Waals surface area contributed by atoms with Crippen molar-refractivity contribution in [3.05, 3.63) is 43.1 Å². The molecular weight excluding hydrogens is 419 g/mol. The molecule has 0 bridgehead atoms. The van der Waals surface area contributed by atoms with Crippen molar-refractivity contribution in [1.29, 1.82) is 0 Å². The first-order valence-corrected chi connectivity index (χ1v) is 7.04. The van der Waals surface area contributed by atoms with Gasteiger partial charge in [-0.15, -0.1) is 0 Å². The van der Waals surface area contributed by atoms with Gasteiger partial charge in [0, 0.05) is 0 Å². The number of alkyl halides is 1. The number of nitrogens with zero attached hydrogens (tertiary/aromatic N) is 1. The maximum absolute atomic E-state index is 11.9. The highest BCUT2D eigenvalue weighted by Gasteiger charge is 2.16. The minimum Gasteiger partial charge on any atom is -0.482 e. The quantitative estimate of drug-likeness (QED) is 0.355. The fourth-order valence-corrected chi connectivity index (χ4v) is 2.31. The molecule has 0 aliphatic heterocycles. The molecule has 1 heterocycles. The Hall–Kier alpha value is -1.16. The van der Waals surface area contributed by atoms with Crippen molar-refractivity contribution in [3.8, 4) is 5.75 Å². The SMILES string of the molecule is O=c1c([N+](=O)[O-])c[nH]c2cc(Br)c(OCI)cc12. The van der Waals surface area contributed by atoms with E-state index in [9.17, 15) is 14.9 Å². The van der Waals surface area contributed by atoms with E-state index in [1.165, 1.54) is 6.07 Å². The lowest BCUT2D eigenvalue weighted by atomic mass is 10.2. The highest BCUT2D eigenvalue weighted by molar-refractivity contribution is 14.1. The van der Waals surface area contributed by atoms with Crippen LogP contribution in [-0.2, 0) is 0 Å². The molecule has 18 heavy (non-hydrogen) atoms. The lowest BCUT2D eigenvalue weighted by Crippen LogP contribution is -2.09. The summed E-state index contributed by atoms with van der Waals surface area (Å²) < 4.78 is 6.41. The minimum absolute atomic E-state index is 0.229. The smallest absolute Gasteiger partial charge is 0.332 e. The van der Waals surface area contributed by atoms with E-state index < -0.39 is 16.0 Å². The van der Waals surface area contributed by atoms with E-state index in [-0.39, 0.29) is 5.39 Å². The summed E-state index contributed by atoms with van der Waals surface area (Å²) in [6, 6.07) is 3.14. The van der Waals surface area contributed by atoms with E-state index in [4.69, 9.17) is 4.74 Å². The summed E-state index contributed by atoms with van der Waals surface area (Å²) in [6.45, 7) is 0. The van der Waals surface area contributed by atoms with Crippen LogP contribution in [0.4, 0.5) is 5.69 Å². The van der Waals surface area contributed by atoms with Crippen LogP contribution >= 0.6 is 38.5 Å². The van der Waals surface area contributed by atoms with E-state index >= 15 is 0 Å². The van der Waals surface area contributed by atoms with Gasteiger partial charge in [-0.1, -0.05) is 0 Å². The first kappa shape index (κ1) is 13.3. The van der Waals surface area contributed by atoms with Gasteiger partial charge >= 0.3 is 5.69 Å². The summed E-state index contributed by atoms with van der Waals surface area (Å²) in [7, 11) is 0. The average Bonchev–Trinajstić information content (AvgIpc) is 2.31. The van der Waals surface area contributed by atoms with Gasteiger partial charge < -0.3 is 9.72 Å². The second-order valence-electron chi connectivity index (χ2n) is 3.34. The van der Waals surface area contributed by atoms with Crippen LogP contribution < -0.4 is 10.2 Å². The molecule has 94 valence electrons. The van der Waals surface area contributed by atoms with Crippen molar-refractivity contribution < 1.29 is 9.66 Å². The van der Waals surface area contributed by atoms with Gasteiger partial charge in [0.2, 0.25) is 0 Å². The van der Waals surface area contributed by atoms with Crippen molar-refractivity contribution in [1.82, 2.24) is 4.98 Å². The fourth-order valence-electron chi connectivity index (χ4n) is 1.52. The Kier molecular flexibility index (Phi) is 3.85. The number of aromatic amines is 1. The zero-order valence-corrected chi connectivity index (χ0v) is 12.5. The van der Waals surface area contributed by atoms with E-state index in [1.54, 1.807) is 6.07 Å². The van der Waals surface area contributed by atoms with Crippen LogP contribution in [0.3, 0.4) is 0 Å². The summed E-state index contributed by atoms with van der Waals surface area (Å²) in [4.78, 5) is 24.6. The number of fused-ring (bicyclic) bond motifs is 1. The molecule has 0 aliphatic rings. The zero-order valence-electron chi connectivity index (χ0n) is 8.78. The maximum atomic E-state index is 11.9. The van der Waals surface area contributed by atoms with Gasteiger partial charge in [-0.25, -0.2) is 0 Å². The zero-order chi connectivity index (χ0) is 13.3. The maximum Gasteiger partial charge on any atom is 0.332 e. The number of benzene rings is 1. The van der Waals surface area contributed by atoms with Crippen molar-refractivity contribution in [3.63, 3.8) is 0 Å². The number of nitrogens with one attached hydrogen (secondary N) is 1. The van der Waals surface area contributed by atoms with Gasteiger partial charge in [0.05, 0.1) is 26.5 Å². The Morgan fingerprint density at radius 3 is 2.83 bits per heavy atom. The molecule has 2 aromatic rings. The molecule has 0 amide bonds. The van der Waals surface area contributed by atoms with Crippen LogP contribution in [0.1, 0.15) is 0 Å². The molecule has 1 N–H and O–H groups in total. The number of H-pyrrole nitrogens is 1. The lowest BCUT2D eigenvalue weighted by Gasteiger charge is -2.06. The number of pyridine rings is 1. The van der Waals surface area contributed by atoms with Gasteiger partial charge in [0.1, 0.15) is 10.4 Å². The van der Waals surface area contributed by atoms with E-state index in [2.05, 4.69) is 20.9 Å². The molecule has 0 saturated carbocycles. The van der Waals surface area contributed by atoms with Crippen LogP contribution in [0.5, 0.6) is 5.75 Å². The Morgan fingerprint density at radius 1 is 1.50 bits per heavy atom. The minimum atomic E-state index is -0.709. The fraction of sp³-hybridized carbons (Fsp3) is 0.100. The molecule has 0 atom stereocenters.